The van der Waals surface area contributed by atoms with E-state index in [0.29, 0.717) is 12.0 Å². The lowest BCUT2D eigenvalue weighted by atomic mass is 10.1. The number of likely N-dealkylation sites (tertiary alicyclic amines) is 1. The van der Waals surface area contributed by atoms with Crippen molar-refractivity contribution in [2.24, 2.45) is 0 Å². The minimum absolute atomic E-state index is 0.369. The van der Waals surface area contributed by atoms with E-state index < -0.39 is 0 Å². The van der Waals surface area contributed by atoms with Crippen LogP contribution in [0.15, 0.2) is 39.3 Å². The van der Waals surface area contributed by atoms with Crippen molar-refractivity contribution in [3.63, 3.8) is 0 Å². The van der Waals surface area contributed by atoms with Crippen LogP contribution in [0.1, 0.15) is 55.7 Å². The summed E-state index contributed by atoms with van der Waals surface area (Å²) in [4.78, 5) is 2.49. The van der Waals surface area contributed by atoms with Gasteiger partial charge in [0.2, 0.25) is 0 Å². The number of aromatic nitrogens is 1. The fourth-order valence-electron chi connectivity index (χ4n) is 2.89. The number of hydrogen-bond acceptors (Lipinski definition) is 3. The van der Waals surface area contributed by atoms with Gasteiger partial charge in [0.1, 0.15) is 0 Å². The highest BCUT2D eigenvalue weighted by atomic mass is 79.9. The Morgan fingerprint density at radius 1 is 1.33 bits per heavy atom. The van der Waals surface area contributed by atoms with E-state index in [1.807, 2.05) is 0 Å². The molecule has 0 saturated carbocycles. The fraction of sp³-hybridized carbons (Fsp3) is 0.471. The maximum absolute atomic E-state index is 5.60. The maximum Gasteiger partial charge on any atom is 0.154 e. The smallest absolute Gasteiger partial charge is 0.154 e. The maximum atomic E-state index is 5.60. The topological polar surface area (TPSA) is 29.3 Å². The van der Waals surface area contributed by atoms with Crippen molar-refractivity contribution in [2.45, 2.75) is 45.2 Å². The lowest BCUT2D eigenvalue weighted by Gasteiger charge is -2.22. The molecule has 4 heteroatoms. The van der Waals surface area contributed by atoms with Crippen LogP contribution in [0.5, 0.6) is 0 Å². The molecule has 0 unspecified atom stereocenters. The predicted octanol–water partition coefficient (Wildman–Crippen LogP) is 4.90. The summed E-state index contributed by atoms with van der Waals surface area (Å²) in [5.41, 5.74) is 2.40. The third-order valence-electron chi connectivity index (χ3n) is 4.13. The van der Waals surface area contributed by atoms with Crippen LogP contribution in [0.2, 0.25) is 0 Å². The van der Waals surface area contributed by atoms with Crippen LogP contribution in [-0.4, -0.2) is 16.6 Å². The van der Waals surface area contributed by atoms with Gasteiger partial charge in [-0.1, -0.05) is 47.1 Å². The molecule has 1 fully saturated rings. The average Bonchev–Trinajstić information content (AvgIpc) is 3.09. The van der Waals surface area contributed by atoms with Crippen LogP contribution in [0.3, 0.4) is 0 Å². The molecule has 1 saturated heterocycles. The second-order valence-corrected chi connectivity index (χ2v) is 6.98. The average molecular weight is 349 g/mol. The Bertz CT molecular complexity index is 591. The fourth-order valence-corrected chi connectivity index (χ4v) is 3.16. The SMILES string of the molecule is CC(C)c1cc([C@@H]2CCCN2Cc2ccc(Br)cc2)on1. The Morgan fingerprint density at radius 3 is 2.76 bits per heavy atom. The minimum atomic E-state index is 0.369. The van der Waals surface area contributed by atoms with E-state index in [1.54, 1.807) is 0 Å². The van der Waals surface area contributed by atoms with Gasteiger partial charge in [0.25, 0.3) is 0 Å². The Hall–Kier alpha value is -1.13. The van der Waals surface area contributed by atoms with Crippen LogP contribution in [0.4, 0.5) is 0 Å². The molecule has 0 amide bonds. The monoisotopic (exact) mass is 348 g/mol. The lowest BCUT2D eigenvalue weighted by Crippen LogP contribution is -2.22. The van der Waals surface area contributed by atoms with Gasteiger partial charge in [-0.15, -0.1) is 0 Å². The van der Waals surface area contributed by atoms with Gasteiger partial charge in [-0.3, -0.25) is 4.90 Å². The molecule has 0 radical (unpaired) electrons. The van der Waals surface area contributed by atoms with Crippen molar-refractivity contribution in [1.82, 2.24) is 10.1 Å². The number of nitrogens with zero attached hydrogens (tertiary/aromatic N) is 2. The first-order chi connectivity index (χ1) is 10.1. The van der Waals surface area contributed by atoms with Gasteiger partial charge in [0, 0.05) is 17.1 Å². The second-order valence-electron chi connectivity index (χ2n) is 6.06. The molecule has 1 aromatic heterocycles. The van der Waals surface area contributed by atoms with Crippen LogP contribution in [-0.2, 0) is 6.54 Å². The Balaban J connectivity index is 1.74. The first kappa shape index (κ1) is 14.8. The Labute approximate surface area is 134 Å². The molecular formula is C17H21BrN2O. The standard InChI is InChI=1S/C17H21BrN2O/c1-12(2)15-10-17(21-19-15)16-4-3-9-20(16)11-13-5-7-14(18)8-6-13/h5-8,10,12,16H,3-4,9,11H2,1-2H3/t16-/m0/s1. The molecule has 0 aliphatic carbocycles. The van der Waals surface area contributed by atoms with Crippen LogP contribution in [0, 0.1) is 0 Å². The highest BCUT2D eigenvalue weighted by molar-refractivity contribution is 9.10. The Morgan fingerprint density at radius 2 is 2.10 bits per heavy atom. The van der Waals surface area contributed by atoms with E-state index in [-0.39, 0.29) is 0 Å². The third-order valence-corrected chi connectivity index (χ3v) is 4.66. The number of benzene rings is 1. The molecule has 2 aromatic rings. The first-order valence-electron chi connectivity index (χ1n) is 7.58. The number of hydrogen-bond donors (Lipinski definition) is 0. The van der Waals surface area contributed by atoms with E-state index in [2.05, 4.69) is 70.2 Å². The van der Waals surface area contributed by atoms with Crippen LogP contribution < -0.4 is 0 Å². The quantitative estimate of drug-likeness (QED) is 0.786. The summed E-state index contributed by atoms with van der Waals surface area (Å²) in [6, 6.07) is 11.1. The summed E-state index contributed by atoms with van der Waals surface area (Å²) in [5, 5.41) is 4.21. The molecule has 1 atom stereocenters. The van der Waals surface area contributed by atoms with Crippen molar-refractivity contribution in [1.29, 1.82) is 0 Å². The minimum Gasteiger partial charge on any atom is -0.359 e. The van der Waals surface area contributed by atoms with E-state index in [0.717, 1.165) is 35.4 Å². The highest BCUT2D eigenvalue weighted by Gasteiger charge is 2.29. The second kappa shape index (κ2) is 6.32. The summed E-state index contributed by atoms with van der Waals surface area (Å²) in [5.74, 6) is 1.44. The van der Waals surface area contributed by atoms with Crippen molar-refractivity contribution in [3.05, 3.63) is 51.8 Å². The van der Waals surface area contributed by atoms with Crippen molar-refractivity contribution in [3.8, 4) is 0 Å². The molecule has 3 nitrogen and oxygen atoms in total. The lowest BCUT2D eigenvalue weighted by molar-refractivity contribution is 0.206. The van der Waals surface area contributed by atoms with E-state index >= 15 is 0 Å². The molecule has 112 valence electrons. The normalized spacial score (nSPS) is 19.5. The largest absolute Gasteiger partial charge is 0.359 e. The number of rotatable bonds is 4. The van der Waals surface area contributed by atoms with Crippen molar-refractivity contribution >= 4 is 15.9 Å². The molecule has 3 rings (SSSR count). The molecule has 21 heavy (non-hydrogen) atoms. The highest BCUT2D eigenvalue weighted by Crippen LogP contribution is 2.34. The van der Waals surface area contributed by atoms with E-state index in [9.17, 15) is 0 Å². The molecule has 0 N–H and O–H groups in total. The van der Waals surface area contributed by atoms with E-state index in [1.165, 1.54) is 12.0 Å². The molecular weight excluding hydrogens is 328 g/mol. The Kier molecular flexibility index (Phi) is 4.45. The summed E-state index contributed by atoms with van der Waals surface area (Å²) >= 11 is 3.49. The third kappa shape index (κ3) is 3.38. The van der Waals surface area contributed by atoms with Gasteiger partial charge in [-0.05, 0) is 43.0 Å². The van der Waals surface area contributed by atoms with Crippen LogP contribution >= 0.6 is 15.9 Å². The summed E-state index contributed by atoms with van der Waals surface area (Å²) in [6.45, 7) is 6.39. The van der Waals surface area contributed by atoms with Gasteiger partial charge in [0.05, 0.1) is 11.7 Å². The zero-order valence-electron chi connectivity index (χ0n) is 12.6. The summed E-state index contributed by atoms with van der Waals surface area (Å²) < 4.78 is 6.72. The molecule has 1 aromatic carbocycles. The molecule has 1 aliphatic rings. The van der Waals surface area contributed by atoms with Gasteiger partial charge in [-0.2, -0.15) is 0 Å². The summed E-state index contributed by atoms with van der Waals surface area (Å²) in [7, 11) is 0. The van der Waals surface area contributed by atoms with Gasteiger partial charge in [0.15, 0.2) is 5.76 Å². The van der Waals surface area contributed by atoms with Crippen molar-refractivity contribution in [2.75, 3.05) is 6.54 Å². The molecule has 0 bridgehead atoms. The summed E-state index contributed by atoms with van der Waals surface area (Å²) in [6.07, 6.45) is 2.38. The van der Waals surface area contributed by atoms with Gasteiger partial charge >= 0.3 is 0 Å². The number of halogens is 1. The van der Waals surface area contributed by atoms with Gasteiger partial charge in [-0.25, -0.2) is 0 Å². The van der Waals surface area contributed by atoms with Gasteiger partial charge < -0.3 is 4.52 Å². The van der Waals surface area contributed by atoms with Crippen LogP contribution in [0.25, 0.3) is 0 Å². The predicted molar refractivity (Wildman–Crippen MR) is 87.1 cm³/mol. The molecule has 0 spiro atoms. The van der Waals surface area contributed by atoms with E-state index in [4.69, 9.17) is 4.52 Å². The molecule has 1 aliphatic heterocycles. The zero-order valence-corrected chi connectivity index (χ0v) is 14.1. The molecule has 2 heterocycles. The first-order valence-corrected chi connectivity index (χ1v) is 8.38. The zero-order chi connectivity index (χ0) is 14.8. The van der Waals surface area contributed by atoms with Crippen molar-refractivity contribution < 1.29 is 4.52 Å².